The summed E-state index contributed by atoms with van der Waals surface area (Å²) in [5.74, 6) is 1.12. The maximum atomic E-state index is 12.4. The van der Waals surface area contributed by atoms with Gasteiger partial charge in [0.25, 0.3) is 0 Å². The predicted molar refractivity (Wildman–Crippen MR) is 84.8 cm³/mol. The van der Waals surface area contributed by atoms with Gasteiger partial charge in [-0.05, 0) is 37.8 Å². The van der Waals surface area contributed by atoms with Crippen LogP contribution in [-0.4, -0.2) is 5.91 Å². The largest absolute Gasteiger partial charge is 0.326 e. The summed E-state index contributed by atoms with van der Waals surface area (Å²) < 4.78 is 0. The highest BCUT2D eigenvalue weighted by Gasteiger charge is 2.23. The molecule has 0 heterocycles. The summed E-state index contributed by atoms with van der Waals surface area (Å²) in [4.78, 5) is 12.4. The molecule has 110 valence electrons. The Labute approximate surface area is 123 Å². The van der Waals surface area contributed by atoms with Crippen molar-refractivity contribution in [3.63, 3.8) is 0 Å². The number of carbonyl (C=O) groups excluding carboxylic acids is 1. The van der Waals surface area contributed by atoms with Crippen molar-refractivity contribution in [1.82, 2.24) is 0 Å². The SMILES string of the molecule is CCC(CC1CCCCC1)C(=O)Nc1ccc(C)cc1. The highest BCUT2D eigenvalue weighted by atomic mass is 16.1. The maximum Gasteiger partial charge on any atom is 0.227 e. The Morgan fingerprint density at radius 1 is 1.20 bits per heavy atom. The molecule has 0 aliphatic heterocycles. The number of benzene rings is 1. The van der Waals surface area contributed by atoms with E-state index in [9.17, 15) is 4.79 Å². The van der Waals surface area contributed by atoms with Crippen LogP contribution >= 0.6 is 0 Å². The topological polar surface area (TPSA) is 29.1 Å². The van der Waals surface area contributed by atoms with E-state index in [1.54, 1.807) is 0 Å². The Morgan fingerprint density at radius 2 is 1.85 bits per heavy atom. The number of amides is 1. The van der Waals surface area contributed by atoms with E-state index in [-0.39, 0.29) is 11.8 Å². The number of hydrogen-bond acceptors (Lipinski definition) is 1. The molecule has 2 nitrogen and oxygen atoms in total. The molecule has 1 aliphatic carbocycles. The first-order valence-corrected chi connectivity index (χ1v) is 8.06. The Bertz CT molecular complexity index is 418. The van der Waals surface area contributed by atoms with E-state index >= 15 is 0 Å². The van der Waals surface area contributed by atoms with Crippen LogP contribution in [0.25, 0.3) is 0 Å². The van der Waals surface area contributed by atoms with E-state index in [0.717, 1.165) is 24.4 Å². The van der Waals surface area contributed by atoms with Gasteiger partial charge in [0, 0.05) is 11.6 Å². The lowest BCUT2D eigenvalue weighted by molar-refractivity contribution is -0.120. The molecule has 0 radical (unpaired) electrons. The molecule has 20 heavy (non-hydrogen) atoms. The van der Waals surface area contributed by atoms with Crippen molar-refractivity contribution in [3.05, 3.63) is 29.8 Å². The van der Waals surface area contributed by atoms with Gasteiger partial charge in [0.15, 0.2) is 0 Å². The second-order valence-electron chi connectivity index (χ2n) is 6.20. The van der Waals surface area contributed by atoms with Crippen molar-refractivity contribution in [1.29, 1.82) is 0 Å². The number of rotatable bonds is 5. The molecule has 1 unspecified atom stereocenters. The van der Waals surface area contributed by atoms with Crippen LogP contribution in [0.2, 0.25) is 0 Å². The van der Waals surface area contributed by atoms with Gasteiger partial charge in [-0.25, -0.2) is 0 Å². The summed E-state index contributed by atoms with van der Waals surface area (Å²) in [6, 6.07) is 8.05. The van der Waals surface area contributed by atoms with Crippen molar-refractivity contribution in [2.75, 3.05) is 5.32 Å². The van der Waals surface area contributed by atoms with Crippen LogP contribution in [0.5, 0.6) is 0 Å². The van der Waals surface area contributed by atoms with Crippen LogP contribution in [0.15, 0.2) is 24.3 Å². The normalized spacial score (nSPS) is 17.7. The molecule has 2 heteroatoms. The van der Waals surface area contributed by atoms with Gasteiger partial charge in [-0.3, -0.25) is 4.79 Å². The molecule has 1 aromatic rings. The first kappa shape index (κ1) is 15.1. The lowest BCUT2D eigenvalue weighted by atomic mass is 9.82. The average Bonchev–Trinajstić information content (AvgIpc) is 2.48. The zero-order chi connectivity index (χ0) is 14.4. The zero-order valence-corrected chi connectivity index (χ0v) is 12.8. The molecular formula is C18H27NO. The van der Waals surface area contributed by atoms with E-state index in [1.807, 2.05) is 24.3 Å². The van der Waals surface area contributed by atoms with E-state index in [2.05, 4.69) is 19.2 Å². The maximum absolute atomic E-state index is 12.4. The molecule has 0 spiro atoms. The van der Waals surface area contributed by atoms with Crippen LogP contribution in [0.3, 0.4) is 0 Å². The second kappa shape index (κ2) is 7.47. The Balaban J connectivity index is 1.89. The van der Waals surface area contributed by atoms with Gasteiger partial charge in [-0.1, -0.05) is 56.7 Å². The van der Waals surface area contributed by atoms with Crippen molar-refractivity contribution in [2.45, 2.75) is 58.8 Å². The third kappa shape index (κ3) is 4.36. The minimum Gasteiger partial charge on any atom is -0.326 e. The van der Waals surface area contributed by atoms with Gasteiger partial charge >= 0.3 is 0 Å². The lowest BCUT2D eigenvalue weighted by Gasteiger charge is -2.25. The first-order valence-electron chi connectivity index (χ1n) is 8.06. The number of carbonyl (C=O) groups is 1. The molecule has 0 aromatic heterocycles. The molecule has 1 N–H and O–H groups in total. The number of nitrogens with one attached hydrogen (secondary N) is 1. The number of aryl methyl sites for hydroxylation is 1. The second-order valence-corrected chi connectivity index (χ2v) is 6.20. The van der Waals surface area contributed by atoms with E-state index in [4.69, 9.17) is 0 Å². The highest BCUT2D eigenvalue weighted by molar-refractivity contribution is 5.92. The summed E-state index contributed by atoms with van der Waals surface area (Å²) in [6.45, 7) is 4.19. The highest BCUT2D eigenvalue weighted by Crippen LogP contribution is 2.30. The Hall–Kier alpha value is -1.31. The summed E-state index contributed by atoms with van der Waals surface area (Å²) in [5.41, 5.74) is 2.14. The third-order valence-electron chi connectivity index (χ3n) is 4.53. The standard InChI is InChI=1S/C18H27NO/c1-3-16(13-15-7-5-4-6-8-15)18(20)19-17-11-9-14(2)10-12-17/h9-12,15-16H,3-8,13H2,1-2H3,(H,19,20). The third-order valence-corrected chi connectivity index (χ3v) is 4.53. The zero-order valence-electron chi connectivity index (χ0n) is 12.8. The fourth-order valence-corrected chi connectivity index (χ4v) is 3.17. The van der Waals surface area contributed by atoms with Crippen molar-refractivity contribution in [2.24, 2.45) is 11.8 Å². The fraction of sp³-hybridized carbons (Fsp3) is 0.611. The molecule has 1 saturated carbocycles. The van der Waals surface area contributed by atoms with Crippen LogP contribution in [0.1, 0.15) is 57.4 Å². The van der Waals surface area contributed by atoms with E-state index in [0.29, 0.717) is 0 Å². The number of hydrogen-bond donors (Lipinski definition) is 1. The van der Waals surface area contributed by atoms with Gasteiger partial charge < -0.3 is 5.32 Å². The quantitative estimate of drug-likeness (QED) is 0.809. The summed E-state index contributed by atoms with van der Waals surface area (Å²) >= 11 is 0. The van der Waals surface area contributed by atoms with Gasteiger partial charge in [0.1, 0.15) is 0 Å². The van der Waals surface area contributed by atoms with E-state index < -0.39 is 0 Å². The van der Waals surface area contributed by atoms with Gasteiger partial charge in [-0.15, -0.1) is 0 Å². The molecule has 1 aromatic carbocycles. The molecule has 0 bridgehead atoms. The molecular weight excluding hydrogens is 246 g/mol. The van der Waals surface area contributed by atoms with Crippen molar-refractivity contribution >= 4 is 11.6 Å². The average molecular weight is 273 g/mol. The summed E-state index contributed by atoms with van der Waals surface area (Å²) in [7, 11) is 0. The van der Waals surface area contributed by atoms with Crippen LogP contribution < -0.4 is 5.32 Å². The van der Waals surface area contributed by atoms with Gasteiger partial charge in [-0.2, -0.15) is 0 Å². The van der Waals surface area contributed by atoms with Crippen molar-refractivity contribution in [3.8, 4) is 0 Å². The van der Waals surface area contributed by atoms with Crippen LogP contribution in [0.4, 0.5) is 5.69 Å². The molecule has 2 rings (SSSR count). The van der Waals surface area contributed by atoms with Crippen LogP contribution in [0, 0.1) is 18.8 Å². The molecule has 1 fully saturated rings. The Morgan fingerprint density at radius 3 is 2.45 bits per heavy atom. The lowest BCUT2D eigenvalue weighted by Crippen LogP contribution is -2.25. The van der Waals surface area contributed by atoms with E-state index in [1.165, 1.54) is 37.7 Å². The Kier molecular flexibility index (Phi) is 5.63. The minimum atomic E-state index is 0.166. The summed E-state index contributed by atoms with van der Waals surface area (Å²) in [6.07, 6.45) is 8.70. The van der Waals surface area contributed by atoms with Crippen LogP contribution in [-0.2, 0) is 4.79 Å². The molecule has 0 saturated heterocycles. The monoisotopic (exact) mass is 273 g/mol. The molecule has 1 amide bonds. The van der Waals surface area contributed by atoms with Gasteiger partial charge in [0.2, 0.25) is 5.91 Å². The smallest absolute Gasteiger partial charge is 0.227 e. The molecule has 1 atom stereocenters. The fourth-order valence-electron chi connectivity index (χ4n) is 3.17. The minimum absolute atomic E-state index is 0.166. The van der Waals surface area contributed by atoms with Gasteiger partial charge in [0.05, 0.1) is 0 Å². The van der Waals surface area contributed by atoms with Crippen molar-refractivity contribution < 1.29 is 4.79 Å². The number of anilines is 1. The first-order chi connectivity index (χ1) is 9.69. The predicted octanol–water partition coefficient (Wildman–Crippen LogP) is 4.93. The summed E-state index contributed by atoms with van der Waals surface area (Å²) in [5, 5.41) is 3.07. The molecule has 1 aliphatic rings.